The Morgan fingerprint density at radius 3 is 2.57 bits per heavy atom. The lowest BCUT2D eigenvalue weighted by Crippen LogP contribution is -2.55. The smallest absolute Gasteiger partial charge is 0.243 e. The first-order chi connectivity index (χ1) is 17.7. The molecule has 2 aromatic rings. The molecule has 2 heterocycles. The van der Waals surface area contributed by atoms with Crippen molar-refractivity contribution in [2.75, 3.05) is 31.6 Å². The second-order valence-electron chi connectivity index (χ2n) is 9.89. The maximum absolute atomic E-state index is 12.7. The Kier molecular flexibility index (Phi) is 8.33. The number of nitrogens with zero attached hydrogens (tertiary/aromatic N) is 3. The second kappa shape index (κ2) is 11.6. The first-order valence-corrected chi connectivity index (χ1v) is 12.8. The Bertz CT molecular complexity index is 1150. The highest BCUT2D eigenvalue weighted by Gasteiger charge is 2.27. The highest BCUT2D eigenvalue weighted by Crippen LogP contribution is 2.31. The lowest BCUT2D eigenvalue weighted by atomic mass is 9.98. The van der Waals surface area contributed by atoms with Crippen LogP contribution < -0.4 is 25.4 Å². The van der Waals surface area contributed by atoms with Gasteiger partial charge in [-0.05, 0) is 49.7 Å². The van der Waals surface area contributed by atoms with Crippen LogP contribution in [0.1, 0.15) is 44.7 Å². The summed E-state index contributed by atoms with van der Waals surface area (Å²) >= 11 is 0. The molecule has 0 aliphatic carbocycles. The maximum atomic E-state index is 12.7. The first kappa shape index (κ1) is 26.5. The topological polar surface area (TPSA) is 109 Å². The molecule has 2 amide bonds. The molecule has 198 valence electrons. The molecule has 0 bridgehead atoms. The molecule has 0 saturated carbocycles. The van der Waals surface area contributed by atoms with Crippen molar-refractivity contribution in [3.8, 4) is 11.5 Å². The van der Waals surface area contributed by atoms with Crippen LogP contribution in [-0.2, 0) is 16.1 Å². The summed E-state index contributed by atoms with van der Waals surface area (Å²) < 4.78 is 11.3. The minimum absolute atomic E-state index is 0.00498. The lowest BCUT2D eigenvalue weighted by molar-refractivity contribution is -0.132. The summed E-state index contributed by atoms with van der Waals surface area (Å²) in [5, 5.41) is 9.65. The van der Waals surface area contributed by atoms with Gasteiger partial charge < -0.3 is 25.4 Å². The molecule has 2 atom stereocenters. The van der Waals surface area contributed by atoms with Gasteiger partial charge >= 0.3 is 0 Å². The van der Waals surface area contributed by atoms with Gasteiger partial charge in [-0.1, -0.05) is 19.1 Å². The zero-order chi connectivity index (χ0) is 26.5. The van der Waals surface area contributed by atoms with Crippen molar-refractivity contribution in [3.05, 3.63) is 53.6 Å². The lowest BCUT2D eigenvalue weighted by Gasteiger charge is -2.37. The number of hydrogen-bond donors (Lipinski definition) is 2. The van der Waals surface area contributed by atoms with E-state index in [-0.39, 0.29) is 29.9 Å². The normalized spacial score (nSPS) is 19.0. The minimum atomic E-state index is -0.292. The highest BCUT2D eigenvalue weighted by molar-refractivity contribution is 6.04. The standard InChI is InChI=1S/C28H37N5O4/c1-18(2)37-26-15-21(7-11-25(26)36-4)23-10-12-27(34)33(31-23)16-20-5-8-22(9-6-20)32-14-13-30-24(17-32)19(3)28(29)35/h5-9,11,15,18-19,24,30H,10,12-14,16-17H2,1-4H3,(H2,29,35). The van der Waals surface area contributed by atoms with Crippen LogP contribution in [0.15, 0.2) is 47.6 Å². The number of nitrogens with one attached hydrogen (secondary N) is 1. The van der Waals surface area contributed by atoms with Crippen molar-refractivity contribution in [2.24, 2.45) is 16.8 Å². The zero-order valence-corrected chi connectivity index (χ0v) is 22.1. The van der Waals surface area contributed by atoms with Crippen molar-refractivity contribution in [2.45, 2.75) is 52.3 Å². The molecule has 1 saturated heterocycles. The number of benzene rings is 2. The summed E-state index contributed by atoms with van der Waals surface area (Å²) in [5.41, 5.74) is 9.35. The predicted octanol–water partition coefficient (Wildman–Crippen LogP) is 2.91. The van der Waals surface area contributed by atoms with Gasteiger partial charge in [-0.15, -0.1) is 0 Å². The Hall–Kier alpha value is -3.59. The molecular formula is C28H37N5O4. The summed E-state index contributed by atoms with van der Waals surface area (Å²) in [6.45, 7) is 8.56. The fraction of sp³-hybridized carbons (Fsp3) is 0.464. The molecule has 9 heteroatoms. The largest absolute Gasteiger partial charge is 0.493 e. The molecule has 4 rings (SSSR count). The minimum Gasteiger partial charge on any atom is -0.493 e. The van der Waals surface area contributed by atoms with Crippen LogP contribution in [-0.4, -0.2) is 61.4 Å². The number of piperazine rings is 1. The summed E-state index contributed by atoms with van der Waals surface area (Å²) in [5.74, 6) is 0.807. The van der Waals surface area contributed by atoms with E-state index in [2.05, 4.69) is 22.3 Å². The van der Waals surface area contributed by atoms with Gasteiger partial charge in [0.05, 0.1) is 31.4 Å². The molecule has 2 aromatic carbocycles. The van der Waals surface area contributed by atoms with Crippen molar-refractivity contribution in [3.63, 3.8) is 0 Å². The number of hydrazone groups is 1. The molecular weight excluding hydrogens is 470 g/mol. The number of amides is 2. The van der Waals surface area contributed by atoms with Gasteiger partial charge in [-0.2, -0.15) is 5.10 Å². The van der Waals surface area contributed by atoms with Crippen LogP contribution in [0.25, 0.3) is 0 Å². The molecule has 37 heavy (non-hydrogen) atoms. The average molecular weight is 508 g/mol. The number of anilines is 1. The number of rotatable bonds is 9. The Morgan fingerprint density at radius 1 is 1.14 bits per heavy atom. The third-order valence-corrected chi connectivity index (χ3v) is 6.86. The predicted molar refractivity (Wildman–Crippen MR) is 144 cm³/mol. The van der Waals surface area contributed by atoms with Crippen LogP contribution in [0.2, 0.25) is 0 Å². The van der Waals surface area contributed by atoms with Crippen LogP contribution in [0.5, 0.6) is 11.5 Å². The summed E-state index contributed by atoms with van der Waals surface area (Å²) in [6, 6.07) is 14.0. The van der Waals surface area contributed by atoms with Crippen LogP contribution in [0.4, 0.5) is 5.69 Å². The van der Waals surface area contributed by atoms with Gasteiger partial charge in [-0.3, -0.25) is 9.59 Å². The molecule has 1 fully saturated rings. The number of methoxy groups -OCH3 is 1. The van der Waals surface area contributed by atoms with Crippen LogP contribution in [0.3, 0.4) is 0 Å². The second-order valence-corrected chi connectivity index (χ2v) is 9.89. The Balaban J connectivity index is 1.46. The molecule has 3 N–H and O–H groups in total. The van der Waals surface area contributed by atoms with Gasteiger partial charge in [0, 0.05) is 49.8 Å². The van der Waals surface area contributed by atoms with Gasteiger partial charge in [-0.25, -0.2) is 5.01 Å². The fourth-order valence-corrected chi connectivity index (χ4v) is 4.66. The van der Waals surface area contributed by atoms with Gasteiger partial charge in [0.1, 0.15) is 0 Å². The molecule has 9 nitrogen and oxygen atoms in total. The number of carbonyl (C=O) groups is 2. The van der Waals surface area contributed by atoms with Gasteiger partial charge in [0.2, 0.25) is 11.8 Å². The van der Waals surface area contributed by atoms with E-state index < -0.39 is 0 Å². The monoisotopic (exact) mass is 507 g/mol. The van der Waals surface area contributed by atoms with Crippen LogP contribution >= 0.6 is 0 Å². The third-order valence-electron chi connectivity index (χ3n) is 6.86. The molecule has 0 radical (unpaired) electrons. The van der Waals surface area contributed by atoms with Gasteiger partial charge in [0.25, 0.3) is 0 Å². The summed E-state index contributed by atoms with van der Waals surface area (Å²) in [7, 11) is 1.62. The third kappa shape index (κ3) is 6.40. The van der Waals surface area contributed by atoms with E-state index in [0.29, 0.717) is 37.4 Å². The van der Waals surface area contributed by atoms with Crippen molar-refractivity contribution >= 4 is 23.2 Å². The van der Waals surface area contributed by atoms with E-state index in [1.807, 2.05) is 51.1 Å². The number of primary amides is 1. The number of nitrogens with two attached hydrogens (primary N) is 1. The van der Waals surface area contributed by atoms with E-state index >= 15 is 0 Å². The van der Waals surface area contributed by atoms with E-state index in [1.165, 1.54) is 0 Å². The molecule has 2 aliphatic rings. The summed E-state index contributed by atoms with van der Waals surface area (Å²) in [4.78, 5) is 26.5. The fourth-order valence-electron chi connectivity index (χ4n) is 4.66. The van der Waals surface area contributed by atoms with Crippen molar-refractivity contribution in [1.82, 2.24) is 10.3 Å². The quantitative estimate of drug-likeness (QED) is 0.540. The number of hydrogen-bond acceptors (Lipinski definition) is 7. The van der Waals surface area contributed by atoms with Crippen molar-refractivity contribution < 1.29 is 19.1 Å². The van der Waals surface area contributed by atoms with Crippen LogP contribution in [0, 0.1) is 5.92 Å². The Morgan fingerprint density at radius 2 is 1.89 bits per heavy atom. The number of carbonyl (C=O) groups excluding carboxylic acids is 2. The summed E-state index contributed by atoms with van der Waals surface area (Å²) in [6.07, 6.45) is 0.996. The first-order valence-electron chi connectivity index (χ1n) is 12.8. The SMILES string of the molecule is COc1ccc(C2=NN(Cc3ccc(N4CCNC(C(C)C(N)=O)C4)cc3)C(=O)CC2)cc1OC(C)C. The molecule has 0 spiro atoms. The van der Waals surface area contributed by atoms with E-state index in [4.69, 9.17) is 20.3 Å². The highest BCUT2D eigenvalue weighted by atomic mass is 16.5. The average Bonchev–Trinajstić information content (AvgIpc) is 2.89. The number of ether oxygens (including phenoxy) is 2. The van der Waals surface area contributed by atoms with E-state index in [0.717, 1.165) is 35.6 Å². The zero-order valence-electron chi connectivity index (χ0n) is 22.1. The van der Waals surface area contributed by atoms with Gasteiger partial charge in [0.15, 0.2) is 11.5 Å². The maximum Gasteiger partial charge on any atom is 0.243 e. The molecule has 2 aliphatic heterocycles. The van der Waals surface area contributed by atoms with E-state index in [9.17, 15) is 9.59 Å². The Labute approximate surface area is 218 Å². The molecule has 0 aromatic heterocycles. The molecule has 2 unspecified atom stereocenters. The van der Waals surface area contributed by atoms with E-state index in [1.54, 1.807) is 12.1 Å². The van der Waals surface area contributed by atoms with Crippen molar-refractivity contribution in [1.29, 1.82) is 0 Å².